The van der Waals surface area contributed by atoms with Gasteiger partial charge in [-0.3, -0.25) is 0 Å². The predicted molar refractivity (Wildman–Crippen MR) is 105 cm³/mol. The topological polar surface area (TPSA) is 26.3 Å². The van der Waals surface area contributed by atoms with E-state index in [4.69, 9.17) is 4.43 Å². The third kappa shape index (κ3) is 12.9. The molecule has 0 unspecified atom stereocenters. The van der Waals surface area contributed by atoms with Crippen LogP contribution >= 0.6 is 0 Å². The average molecular weight is 343 g/mol. The molecule has 2 nitrogen and oxygen atoms in total. The molecule has 23 heavy (non-hydrogen) atoms. The molecular formula is C20H42O2Si. The fourth-order valence-electron chi connectivity index (χ4n) is 2.43. The Morgan fingerprint density at radius 3 is 1.57 bits per heavy atom. The summed E-state index contributed by atoms with van der Waals surface area (Å²) in [5, 5.41) is 0.331. The minimum Gasteiger partial charge on any atom is -0.417 e. The van der Waals surface area contributed by atoms with Crippen molar-refractivity contribution in [3.63, 3.8) is 0 Å². The lowest BCUT2D eigenvalue weighted by atomic mass is 10.1. The van der Waals surface area contributed by atoms with Crippen LogP contribution in [0.2, 0.25) is 18.1 Å². The maximum absolute atomic E-state index is 10.8. The number of carbonyl (C=O) groups excluding carboxylic acids is 1. The molecule has 0 aliphatic heterocycles. The van der Waals surface area contributed by atoms with Crippen LogP contribution in [0.5, 0.6) is 0 Å². The molecule has 0 bridgehead atoms. The van der Waals surface area contributed by atoms with E-state index in [9.17, 15) is 4.79 Å². The Bertz CT molecular complexity index is 305. The minimum atomic E-state index is -1.53. The van der Waals surface area contributed by atoms with E-state index in [1.54, 1.807) is 6.92 Å². The fourth-order valence-corrected chi connectivity index (χ4v) is 3.52. The van der Waals surface area contributed by atoms with Crippen LogP contribution < -0.4 is 0 Å². The lowest BCUT2D eigenvalue weighted by Gasteiger charge is -2.36. The second-order valence-electron chi connectivity index (χ2n) is 8.60. The highest BCUT2D eigenvalue weighted by Gasteiger charge is 2.36. The quantitative estimate of drug-likeness (QED) is 0.254. The van der Waals surface area contributed by atoms with E-state index in [1.807, 2.05) is 0 Å². The Labute approximate surface area is 146 Å². The number of hydrogen-bond donors (Lipinski definition) is 0. The smallest absolute Gasteiger partial charge is 0.191 e. The van der Waals surface area contributed by atoms with Crippen LogP contribution in [0.1, 0.15) is 98.3 Å². The van der Waals surface area contributed by atoms with Crippen LogP contribution in [-0.4, -0.2) is 20.7 Å². The molecule has 0 saturated carbocycles. The highest BCUT2D eigenvalue weighted by molar-refractivity contribution is 6.74. The molecule has 0 heterocycles. The van der Waals surface area contributed by atoms with E-state index in [1.165, 1.54) is 57.8 Å². The number of ketones is 1. The van der Waals surface area contributed by atoms with Crippen LogP contribution in [0.15, 0.2) is 0 Å². The first-order chi connectivity index (χ1) is 10.7. The lowest BCUT2D eigenvalue weighted by Crippen LogP contribution is -2.40. The molecule has 0 radical (unpaired) electrons. The number of unbranched alkanes of at least 4 members (excludes halogenated alkanes) is 9. The molecule has 0 aliphatic rings. The Kier molecular flexibility index (Phi) is 12.2. The summed E-state index contributed by atoms with van der Waals surface area (Å²) >= 11 is 0. The normalized spacial score (nSPS) is 12.6. The highest BCUT2D eigenvalue weighted by atomic mass is 28.4. The van der Waals surface area contributed by atoms with Gasteiger partial charge in [-0.2, -0.15) is 0 Å². The molecule has 0 aromatic rings. The second-order valence-corrected chi connectivity index (χ2v) is 13.4. The van der Waals surface area contributed by atoms with Crippen molar-refractivity contribution in [2.24, 2.45) is 0 Å². The molecular weight excluding hydrogens is 300 g/mol. The summed E-state index contributed by atoms with van der Waals surface area (Å²) in [6, 6.07) is 0. The van der Waals surface area contributed by atoms with Gasteiger partial charge in [-0.05, 0) is 37.9 Å². The van der Waals surface area contributed by atoms with Gasteiger partial charge in [0.2, 0.25) is 0 Å². The van der Waals surface area contributed by atoms with Crippen molar-refractivity contribution in [2.75, 3.05) is 6.61 Å². The predicted octanol–water partition coefficient (Wildman–Crippen LogP) is 6.89. The zero-order chi connectivity index (χ0) is 17.8. The Hall–Kier alpha value is -0.153. The molecule has 0 atom stereocenters. The van der Waals surface area contributed by atoms with Gasteiger partial charge >= 0.3 is 0 Å². The SMILES string of the molecule is CC(=O)CCCCCCCCCCCCO[Si](C)(C)C(C)(C)C. The maximum Gasteiger partial charge on any atom is 0.191 e. The summed E-state index contributed by atoms with van der Waals surface area (Å²) in [7, 11) is -1.53. The number of rotatable bonds is 14. The van der Waals surface area contributed by atoms with Crippen LogP contribution in [0.4, 0.5) is 0 Å². The molecule has 0 fully saturated rings. The first-order valence-electron chi connectivity index (χ1n) is 9.80. The first kappa shape index (κ1) is 22.8. The van der Waals surface area contributed by atoms with Crippen molar-refractivity contribution < 1.29 is 9.22 Å². The molecule has 0 amide bonds. The van der Waals surface area contributed by atoms with Gasteiger partial charge in [0.15, 0.2) is 8.32 Å². The van der Waals surface area contributed by atoms with Crippen molar-refractivity contribution in [1.82, 2.24) is 0 Å². The Morgan fingerprint density at radius 2 is 1.17 bits per heavy atom. The molecule has 0 N–H and O–H groups in total. The van der Waals surface area contributed by atoms with E-state index in [2.05, 4.69) is 33.9 Å². The number of Topliss-reactive ketones (excluding diaryl/α,β-unsaturated/α-hetero) is 1. The third-order valence-corrected chi connectivity index (χ3v) is 9.73. The van der Waals surface area contributed by atoms with Gasteiger partial charge in [0.05, 0.1) is 0 Å². The zero-order valence-electron chi connectivity index (χ0n) is 16.8. The van der Waals surface area contributed by atoms with E-state index >= 15 is 0 Å². The van der Waals surface area contributed by atoms with Crippen molar-refractivity contribution in [1.29, 1.82) is 0 Å². The van der Waals surface area contributed by atoms with Crippen LogP contribution in [0.3, 0.4) is 0 Å². The van der Waals surface area contributed by atoms with E-state index in [0.29, 0.717) is 10.8 Å². The summed E-state index contributed by atoms with van der Waals surface area (Å²) in [4.78, 5) is 10.8. The largest absolute Gasteiger partial charge is 0.417 e. The van der Waals surface area contributed by atoms with Crippen molar-refractivity contribution in [3.8, 4) is 0 Å². The second kappa shape index (κ2) is 12.2. The van der Waals surface area contributed by atoms with Gasteiger partial charge in [0, 0.05) is 13.0 Å². The summed E-state index contributed by atoms with van der Waals surface area (Å²) in [5.41, 5.74) is 0. The molecule has 0 rings (SSSR count). The maximum atomic E-state index is 10.8. The van der Waals surface area contributed by atoms with E-state index in [-0.39, 0.29) is 0 Å². The molecule has 0 aromatic heterocycles. The third-order valence-electron chi connectivity index (χ3n) is 5.19. The zero-order valence-corrected chi connectivity index (χ0v) is 17.8. The van der Waals surface area contributed by atoms with Gasteiger partial charge in [0.25, 0.3) is 0 Å². The molecule has 0 spiro atoms. The van der Waals surface area contributed by atoms with Crippen molar-refractivity contribution >= 4 is 14.1 Å². The lowest BCUT2D eigenvalue weighted by molar-refractivity contribution is -0.117. The van der Waals surface area contributed by atoms with Crippen LogP contribution in [0.25, 0.3) is 0 Å². The summed E-state index contributed by atoms with van der Waals surface area (Å²) < 4.78 is 6.21. The van der Waals surface area contributed by atoms with Crippen LogP contribution in [0, 0.1) is 0 Å². The van der Waals surface area contributed by atoms with E-state index < -0.39 is 8.32 Å². The Balaban J connectivity index is 3.30. The summed E-state index contributed by atoms with van der Waals surface area (Å²) in [6.45, 7) is 14.2. The standard InChI is InChI=1S/C20H42O2Si/c1-19(21)17-15-13-11-9-7-8-10-12-14-16-18-22-23(5,6)20(2,3)4/h7-18H2,1-6H3. The van der Waals surface area contributed by atoms with Crippen molar-refractivity contribution in [3.05, 3.63) is 0 Å². The monoisotopic (exact) mass is 342 g/mol. The van der Waals surface area contributed by atoms with Crippen LogP contribution in [-0.2, 0) is 9.22 Å². The van der Waals surface area contributed by atoms with Gasteiger partial charge < -0.3 is 9.22 Å². The number of hydrogen-bond acceptors (Lipinski definition) is 2. The number of carbonyl (C=O) groups is 1. The summed E-state index contributed by atoms with van der Waals surface area (Å²) in [6.07, 6.45) is 13.7. The molecule has 0 aliphatic carbocycles. The van der Waals surface area contributed by atoms with Gasteiger partial charge in [-0.25, -0.2) is 0 Å². The minimum absolute atomic E-state index is 0.331. The van der Waals surface area contributed by atoms with Gasteiger partial charge in [-0.1, -0.05) is 72.1 Å². The first-order valence-corrected chi connectivity index (χ1v) is 12.7. The van der Waals surface area contributed by atoms with Crippen molar-refractivity contribution in [2.45, 2.75) is 116 Å². The Morgan fingerprint density at radius 1 is 0.783 bits per heavy atom. The van der Waals surface area contributed by atoms with Gasteiger partial charge in [0.1, 0.15) is 5.78 Å². The molecule has 0 aromatic carbocycles. The molecule has 138 valence electrons. The fraction of sp³-hybridized carbons (Fsp3) is 0.950. The molecule has 3 heteroatoms. The average Bonchev–Trinajstić information content (AvgIpc) is 2.42. The molecule has 0 saturated heterocycles. The highest BCUT2D eigenvalue weighted by Crippen LogP contribution is 2.36. The van der Waals surface area contributed by atoms with Gasteiger partial charge in [-0.15, -0.1) is 0 Å². The summed E-state index contributed by atoms with van der Waals surface area (Å²) in [5.74, 6) is 0.336. The van der Waals surface area contributed by atoms with E-state index in [0.717, 1.165) is 19.4 Å².